The fourth-order valence-corrected chi connectivity index (χ4v) is 5.28. The van der Waals surface area contributed by atoms with Gasteiger partial charge in [-0.2, -0.15) is 0 Å². The van der Waals surface area contributed by atoms with Crippen LogP contribution in [0.1, 0.15) is 102 Å². The molecule has 1 aromatic rings. The molecule has 1 amide bonds. The number of fused-ring (bicyclic) bond motifs is 2. The number of anilines is 1. The molecule has 1 fully saturated rings. The lowest BCUT2D eigenvalue weighted by molar-refractivity contribution is -0.141. The maximum absolute atomic E-state index is 13.6. The smallest absolute Gasteiger partial charge is 0.304 e. The Morgan fingerprint density at radius 1 is 1.10 bits per heavy atom. The Labute approximate surface area is 187 Å². The van der Waals surface area contributed by atoms with Crippen LogP contribution in [-0.2, 0) is 19.7 Å². The third-order valence-corrected chi connectivity index (χ3v) is 7.12. The lowest BCUT2D eigenvalue weighted by atomic mass is 9.73. The maximum atomic E-state index is 13.6. The van der Waals surface area contributed by atoms with E-state index in [2.05, 4.69) is 37.4 Å². The predicted molar refractivity (Wildman–Crippen MR) is 125 cm³/mol. The quantitative estimate of drug-likeness (QED) is 0.378. The molecule has 1 spiro atoms. The lowest BCUT2D eigenvalue weighted by Gasteiger charge is -2.33. The second kappa shape index (κ2) is 11.1. The first-order valence-electron chi connectivity index (χ1n) is 12.3. The molecule has 2 aliphatic rings. The van der Waals surface area contributed by atoms with Crippen LogP contribution in [0.5, 0.6) is 0 Å². The number of hydrogen-bond donors (Lipinski definition) is 1. The van der Waals surface area contributed by atoms with Crippen molar-refractivity contribution in [1.82, 2.24) is 5.32 Å². The van der Waals surface area contributed by atoms with Gasteiger partial charge >= 0.3 is 5.97 Å². The van der Waals surface area contributed by atoms with E-state index in [0.717, 1.165) is 37.2 Å². The average Bonchev–Trinajstić information content (AvgIpc) is 2.99. The summed E-state index contributed by atoms with van der Waals surface area (Å²) in [5, 5.41) is 3.40. The van der Waals surface area contributed by atoms with Crippen molar-refractivity contribution in [1.29, 1.82) is 0 Å². The van der Waals surface area contributed by atoms with Crippen molar-refractivity contribution in [2.45, 2.75) is 96.3 Å². The van der Waals surface area contributed by atoms with Gasteiger partial charge in [0.25, 0.3) is 0 Å². The maximum Gasteiger partial charge on any atom is 0.304 e. The number of nitrogens with one attached hydrogen (secondary N) is 1. The molecular formula is C26H40N2O3. The van der Waals surface area contributed by atoms with Gasteiger partial charge in [-0.3, -0.25) is 14.5 Å². The molecule has 3 rings (SSSR count). The van der Waals surface area contributed by atoms with E-state index in [1.54, 1.807) is 4.90 Å². The van der Waals surface area contributed by atoms with Crippen molar-refractivity contribution in [3.05, 3.63) is 29.3 Å². The van der Waals surface area contributed by atoms with Crippen molar-refractivity contribution < 1.29 is 14.3 Å². The zero-order valence-corrected chi connectivity index (χ0v) is 19.7. The monoisotopic (exact) mass is 428 g/mol. The zero-order valence-electron chi connectivity index (χ0n) is 19.7. The fourth-order valence-electron chi connectivity index (χ4n) is 5.28. The summed E-state index contributed by atoms with van der Waals surface area (Å²) in [6.07, 6.45) is 11.6. The van der Waals surface area contributed by atoms with E-state index < -0.39 is 5.41 Å². The van der Waals surface area contributed by atoms with Gasteiger partial charge in [-0.1, -0.05) is 64.5 Å². The molecule has 2 aliphatic heterocycles. The minimum absolute atomic E-state index is 0.00593. The molecule has 0 saturated carbocycles. The largest absolute Gasteiger partial charge is 0.444 e. The summed E-state index contributed by atoms with van der Waals surface area (Å²) in [5.41, 5.74) is 2.98. The number of amides is 1. The van der Waals surface area contributed by atoms with Crippen molar-refractivity contribution in [2.24, 2.45) is 0 Å². The van der Waals surface area contributed by atoms with Crippen LogP contribution in [0.2, 0.25) is 0 Å². The third kappa shape index (κ3) is 5.31. The number of carbonyl (C=O) groups is 2. The van der Waals surface area contributed by atoms with Gasteiger partial charge in [-0.15, -0.1) is 0 Å². The lowest BCUT2D eigenvalue weighted by Crippen LogP contribution is -2.47. The molecule has 1 saturated heterocycles. The van der Waals surface area contributed by atoms with Crippen LogP contribution in [0.25, 0.3) is 0 Å². The second-order valence-corrected chi connectivity index (χ2v) is 9.30. The zero-order chi connectivity index (χ0) is 22.3. The van der Waals surface area contributed by atoms with Crippen LogP contribution < -0.4 is 10.2 Å². The predicted octanol–water partition coefficient (Wildman–Crippen LogP) is 5.42. The molecule has 0 aromatic heterocycles. The van der Waals surface area contributed by atoms with Crippen LogP contribution >= 0.6 is 0 Å². The first-order valence-corrected chi connectivity index (χ1v) is 12.3. The number of hydrogen-bond acceptors (Lipinski definition) is 4. The molecule has 1 aromatic carbocycles. The second-order valence-electron chi connectivity index (χ2n) is 9.30. The van der Waals surface area contributed by atoms with Crippen molar-refractivity contribution in [3.63, 3.8) is 0 Å². The molecule has 0 aliphatic carbocycles. The van der Waals surface area contributed by atoms with Crippen LogP contribution in [0.3, 0.4) is 0 Å². The molecule has 5 heteroatoms. The van der Waals surface area contributed by atoms with Crippen LogP contribution in [0.15, 0.2) is 18.2 Å². The molecule has 0 bridgehead atoms. The van der Waals surface area contributed by atoms with Crippen LogP contribution in [-0.4, -0.2) is 31.7 Å². The van der Waals surface area contributed by atoms with Crippen molar-refractivity contribution >= 4 is 17.6 Å². The molecule has 1 atom stereocenters. The summed E-state index contributed by atoms with van der Waals surface area (Å²) in [6, 6.07) is 6.65. The van der Waals surface area contributed by atoms with Gasteiger partial charge in [0.2, 0.25) is 5.91 Å². The number of benzene rings is 1. The Morgan fingerprint density at radius 2 is 1.81 bits per heavy atom. The van der Waals surface area contributed by atoms with Gasteiger partial charge < -0.3 is 10.1 Å². The minimum Gasteiger partial charge on any atom is -0.444 e. The Kier molecular flexibility index (Phi) is 8.53. The van der Waals surface area contributed by atoms with E-state index in [4.69, 9.17) is 4.74 Å². The van der Waals surface area contributed by atoms with Crippen molar-refractivity contribution in [2.75, 3.05) is 24.7 Å². The third-order valence-electron chi connectivity index (χ3n) is 7.12. The first kappa shape index (κ1) is 23.8. The Bertz CT molecular complexity index is 755. The van der Waals surface area contributed by atoms with E-state index in [9.17, 15) is 9.59 Å². The molecular weight excluding hydrogens is 388 g/mol. The normalized spacial score (nSPS) is 18.3. The van der Waals surface area contributed by atoms with E-state index in [-0.39, 0.29) is 18.6 Å². The summed E-state index contributed by atoms with van der Waals surface area (Å²) in [6.45, 7) is 7.59. The highest BCUT2D eigenvalue weighted by atomic mass is 16.5. The molecule has 31 heavy (non-hydrogen) atoms. The Balaban J connectivity index is 1.91. The summed E-state index contributed by atoms with van der Waals surface area (Å²) < 4.78 is 5.24. The van der Waals surface area contributed by atoms with Crippen LogP contribution in [0.4, 0.5) is 5.69 Å². The number of nitrogens with zero attached hydrogens (tertiary/aromatic N) is 1. The van der Waals surface area contributed by atoms with E-state index in [1.165, 1.54) is 63.9 Å². The summed E-state index contributed by atoms with van der Waals surface area (Å²) >= 11 is 0. The molecule has 1 unspecified atom stereocenters. The van der Waals surface area contributed by atoms with E-state index >= 15 is 0 Å². The van der Waals surface area contributed by atoms with Crippen LogP contribution in [0, 0.1) is 0 Å². The summed E-state index contributed by atoms with van der Waals surface area (Å²) in [7, 11) is 0. The first-order chi connectivity index (χ1) is 15.0. The highest BCUT2D eigenvalue weighted by molar-refractivity contribution is 6.08. The van der Waals surface area contributed by atoms with Gasteiger partial charge in [0, 0.05) is 6.92 Å². The Morgan fingerprint density at radius 3 is 2.48 bits per heavy atom. The van der Waals surface area contributed by atoms with Gasteiger partial charge in [-0.25, -0.2) is 0 Å². The average molecular weight is 429 g/mol. The summed E-state index contributed by atoms with van der Waals surface area (Å²) in [5.74, 6) is 0.290. The topological polar surface area (TPSA) is 58.6 Å². The number of esters is 1. The SMILES string of the molecule is CCCCCCC(CCCC)c1ccc2c(c1)C1(CCNCC1)C(=O)N2COC(C)=O. The number of unbranched alkanes of at least 4 members (excludes halogenated alkanes) is 4. The molecule has 0 radical (unpaired) electrons. The molecule has 172 valence electrons. The fraction of sp³-hybridized carbons (Fsp3) is 0.692. The number of carbonyl (C=O) groups excluding carboxylic acids is 2. The van der Waals surface area contributed by atoms with E-state index in [0.29, 0.717) is 5.92 Å². The molecule has 5 nitrogen and oxygen atoms in total. The minimum atomic E-state index is -0.478. The van der Waals surface area contributed by atoms with Crippen molar-refractivity contribution in [3.8, 4) is 0 Å². The standard InChI is InChI=1S/C26H40N2O3/c1-4-6-8-9-11-21(10-7-5-2)22-12-13-24-23(18-22)26(14-16-27-17-15-26)25(30)28(24)19-31-20(3)29/h12-13,18,21,27H,4-11,14-17,19H2,1-3H3. The number of piperidine rings is 1. The highest BCUT2D eigenvalue weighted by Crippen LogP contribution is 2.48. The Hall–Kier alpha value is -1.88. The van der Waals surface area contributed by atoms with Gasteiger partial charge in [0.05, 0.1) is 11.1 Å². The van der Waals surface area contributed by atoms with Gasteiger partial charge in [0.1, 0.15) is 0 Å². The summed E-state index contributed by atoms with van der Waals surface area (Å²) in [4.78, 5) is 26.7. The highest BCUT2D eigenvalue weighted by Gasteiger charge is 2.51. The number of rotatable bonds is 11. The molecule has 1 N–H and O–H groups in total. The molecule has 2 heterocycles. The van der Waals surface area contributed by atoms with E-state index in [1.807, 2.05) is 0 Å². The van der Waals surface area contributed by atoms with Gasteiger partial charge in [0.15, 0.2) is 6.73 Å². The van der Waals surface area contributed by atoms with Gasteiger partial charge in [-0.05, 0) is 61.9 Å². The number of ether oxygens (including phenoxy) is 1.